The number of furan rings is 1. The van der Waals surface area contributed by atoms with Gasteiger partial charge in [-0.05, 0) is 49.9 Å². The van der Waals surface area contributed by atoms with E-state index in [1.54, 1.807) is 6.26 Å². The molecule has 1 N–H and O–H groups in total. The van der Waals surface area contributed by atoms with Crippen molar-refractivity contribution in [3.63, 3.8) is 0 Å². The number of aromatic nitrogens is 1. The third kappa shape index (κ3) is 2.87. The minimum Gasteiger partial charge on any atom is -0.469 e. The highest BCUT2D eigenvalue weighted by Gasteiger charge is 2.24. The summed E-state index contributed by atoms with van der Waals surface area (Å²) in [7, 11) is 0. The van der Waals surface area contributed by atoms with Crippen LogP contribution >= 0.6 is 0 Å². The summed E-state index contributed by atoms with van der Waals surface area (Å²) < 4.78 is 5.37. The zero-order valence-corrected chi connectivity index (χ0v) is 11.3. The van der Waals surface area contributed by atoms with E-state index in [0.29, 0.717) is 12.1 Å². The fourth-order valence-electron chi connectivity index (χ4n) is 2.82. The summed E-state index contributed by atoms with van der Waals surface area (Å²) in [4.78, 5) is 4.52. The molecule has 0 spiro atoms. The zero-order chi connectivity index (χ0) is 13.1. The molecule has 0 fully saturated rings. The van der Waals surface area contributed by atoms with Crippen molar-refractivity contribution in [3.8, 4) is 0 Å². The van der Waals surface area contributed by atoms with Crippen LogP contribution in [0.4, 0.5) is 0 Å². The number of pyridine rings is 1. The maximum absolute atomic E-state index is 5.37. The van der Waals surface area contributed by atoms with Crippen LogP contribution in [0.1, 0.15) is 42.8 Å². The van der Waals surface area contributed by atoms with Gasteiger partial charge < -0.3 is 9.73 Å². The van der Waals surface area contributed by atoms with E-state index in [1.807, 2.05) is 24.4 Å². The van der Waals surface area contributed by atoms with Crippen LogP contribution in [0.2, 0.25) is 0 Å². The first kappa shape index (κ1) is 12.4. The molecule has 1 aliphatic carbocycles. The second-order valence-electron chi connectivity index (χ2n) is 5.32. The molecule has 2 heterocycles. The molecule has 0 aliphatic heterocycles. The molecule has 100 valence electrons. The number of rotatable bonds is 5. The highest BCUT2D eigenvalue weighted by Crippen LogP contribution is 2.29. The minimum atomic E-state index is 0.419. The molecule has 0 saturated heterocycles. The summed E-state index contributed by atoms with van der Waals surface area (Å²) in [5.41, 5.74) is 2.64. The quantitative estimate of drug-likeness (QED) is 0.892. The van der Waals surface area contributed by atoms with Gasteiger partial charge in [0.2, 0.25) is 0 Å². The molecule has 2 aromatic rings. The fourth-order valence-corrected chi connectivity index (χ4v) is 2.82. The summed E-state index contributed by atoms with van der Waals surface area (Å²) in [5, 5.41) is 3.69. The molecule has 3 heteroatoms. The lowest BCUT2D eigenvalue weighted by molar-refractivity contribution is 0.412. The van der Waals surface area contributed by atoms with Crippen LogP contribution in [-0.4, -0.2) is 11.0 Å². The number of nitrogens with one attached hydrogen (secondary N) is 1. The highest BCUT2D eigenvalue weighted by molar-refractivity contribution is 5.27. The third-order valence-electron chi connectivity index (χ3n) is 3.85. The second kappa shape index (κ2) is 5.57. The first-order valence-corrected chi connectivity index (χ1v) is 7.05. The lowest BCUT2D eigenvalue weighted by Gasteiger charge is -2.19. The van der Waals surface area contributed by atoms with E-state index in [2.05, 4.69) is 23.3 Å². The molecule has 3 nitrogen and oxygen atoms in total. The molecule has 0 amide bonds. The van der Waals surface area contributed by atoms with Gasteiger partial charge in [0.25, 0.3) is 0 Å². The van der Waals surface area contributed by atoms with E-state index in [4.69, 9.17) is 4.42 Å². The van der Waals surface area contributed by atoms with Crippen LogP contribution in [0.3, 0.4) is 0 Å². The Morgan fingerprint density at radius 1 is 1.42 bits per heavy atom. The highest BCUT2D eigenvalue weighted by atomic mass is 16.3. The van der Waals surface area contributed by atoms with Crippen molar-refractivity contribution in [1.82, 2.24) is 10.3 Å². The monoisotopic (exact) mass is 256 g/mol. The van der Waals surface area contributed by atoms with E-state index >= 15 is 0 Å². The Morgan fingerprint density at radius 2 is 2.37 bits per heavy atom. The molecule has 2 atom stereocenters. The normalized spacial score (nSPS) is 19.3. The van der Waals surface area contributed by atoms with Crippen molar-refractivity contribution in [1.29, 1.82) is 0 Å². The fraction of sp³-hybridized carbons (Fsp3) is 0.438. The molecule has 0 radical (unpaired) electrons. The van der Waals surface area contributed by atoms with Crippen molar-refractivity contribution >= 4 is 0 Å². The molecule has 2 unspecified atom stereocenters. The molecule has 3 rings (SSSR count). The predicted molar refractivity (Wildman–Crippen MR) is 74.9 cm³/mol. The summed E-state index contributed by atoms with van der Waals surface area (Å²) in [6, 6.07) is 9.11. The van der Waals surface area contributed by atoms with Crippen molar-refractivity contribution in [2.75, 3.05) is 0 Å². The molecular formula is C16H20N2O. The van der Waals surface area contributed by atoms with Gasteiger partial charge in [0.05, 0.1) is 18.0 Å². The predicted octanol–water partition coefficient (Wildman–Crippen LogP) is 3.27. The van der Waals surface area contributed by atoms with Crippen LogP contribution in [0, 0.1) is 0 Å². The average molecular weight is 256 g/mol. The Morgan fingerprint density at radius 3 is 3.21 bits per heavy atom. The first-order valence-electron chi connectivity index (χ1n) is 7.05. The van der Waals surface area contributed by atoms with E-state index in [-0.39, 0.29) is 0 Å². The van der Waals surface area contributed by atoms with Gasteiger partial charge in [0, 0.05) is 18.7 Å². The van der Waals surface area contributed by atoms with Gasteiger partial charge in [0.1, 0.15) is 5.76 Å². The SMILES string of the molecule is CC(CCc1ccco1)NC1CCc2cccnc21. The maximum atomic E-state index is 5.37. The van der Waals surface area contributed by atoms with Gasteiger partial charge in [-0.15, -0.1) is 0 Å². The Balaban J connectivity index is 1.54. The maximum Gasteiger partial charge on any atom is 0.103 e. The van der Waals surface area contributed by atoms with Crippen molar-refractivity contribution in [3.05, 3.63) is 53.7 Å². The van der Waals surface area contributed by atoms with Crippen LogP contribution in [0.5, 0.6) is 0 Å². The summed E-state index contributed by atoms with van der Waals surface area (Å²) >= 11 is 0. The van der Waals surface area contributed by atoms with E-state index < -0.39 is 0 Å². The molecular weight excluding hydrogens is 236 g/mol. The van der Waals surface area contributed by atoms with Crippen molar-refractivity contribution < 1.29 is 4.42 Å². The van der Waals surface area contributed by atoms with Crippen LogP contribution in [0.15, 0.2) is 41.1 Å². The average Bonchev–Trinajstić information content (AvgIpc) is 3.07. The van der Waals surface area contributed by atoms with Gasteiger partial charge in [-0.1, -0.05) is 6.07 Å². The molecule has 1 aliphatic rings. The number of fused-ring (bicyclic) bond motifs is 1. The van der Waals surface area contributed by atoms with Gasteiger partial charge in [0.15, 0.2) is 0 Å². The van der Waals surface area contributed by atoms with Crippen LogP contribution < -0.4 is 5.32 Å². The smallest absolute Gasteiger partial charge is 0.103 e. The van der Waals surface area contributed by atoms with Gasteiger partial charge in [-0.25, -0.2) is 0 Å². The Kier molecular flexibility index (Phi) is 3.65. The summed E-state index contributed by atoms with van der Waals surface area (Å²) in [5.74, 6) is 1.07. The Labute approximate surface area is 114 Å². The topological polar surface area (TPSA) is 38.1 Å². The second-order valence-corrected chi connectivity index (χ2v) is 5.32. The van der Waals surface area contributed by atoms with E-state index in [0.717, 1.165) is 31.4 Å². The van der Waals surface area contributed by atoms with E-state index in [1.165, 1.54) is 11.3 Å². The van der Waals surface area contributed by atoms with Crippen LogP contribution in [-0.2, 0) is 12.8 Å². The Hall–Kier alpha value is -1.61. The minimum absolute atomic E-state index is 0.419. The number of aryl methyl sites for hydroxylation is 2. The Bertz CT molecular complexity index is 521. The van der Waals surface area contributed by atoms with Gasteiger partial charge >= 0.3 is 0 Å². The molecule has 2 aromatic heterocycles. The van der Waals surface area contributed by atoms with E-state index in [9.17, 15) is 0 Å². The van der Waals surface area contributed by atoms with Crippen molar-refractivity contribution in [2.24, 2.45) is 0 Å². The van der Waals surface area contributed by atoms with Crippen LogP contribution in [0.25, 0.3) is 0 Å². The summed E-state index contributed by atoms with van der Waals surface area (Å²) in [6.45, 7) is 2.24. The van der Waals surface area contributed by atoms with Crippen molar-refractivity contribution in [2.45, 2.75) is 44.7 Å². The largest absolute Gasteiger partial charge is 0.469 e. The molecule has 19 heavy (non-hydrogen) atoms. The third-order valence-corrected chi connectivity index (χ3v) is 3.85. The zero-order valence-electron chi connectivity index (χ0n) is 11.3. The van der Waals surface area contributed by atoms with Gasteiger partial charge in [-0.3, -0.25) is 4.98 Å². The number of nitrogens with zero attached hydrogens (tertiary/aromatic N) is 1. The number of hydrogen-bond acceptors (Lipinski definition) is 3. The lowest BCUT2D eigenvalue weighted by atomic mass is 10.1. The first-order chi connectivity index (χ1) is 9.33. The molecule has 0 aromatic carbocycles. The lowest BCUT2D eigenvalue weighted by Crippen LogP contribution is -2.30. The summed E-state index contributed by atoms with van der Waals surface area (Å²) in [6.07, 6.45) is 8.02. The molecule has 0 saturated carbocycles. The molecule has 0 bridgehead atoms. The van der Waals surface area contributed by atoms with Gasteiger partial charge in [-0.2, -0.15) is 0 Å². The number of hydrogen-bond donors (Lipinski definition) is 1. The standard InChI is InChI=1S/C16H20N2O/c1-12(6-8-14-5-3-11-19-14)18-15-9-7-13-4-2-10-17-16(13)15/h2-5,10-12,15,18H,6-9H2,1H3.